The van der Waals surface area contributed by atoms with Crippen molar-refractivity contribution in [2.24, 2.45) is 5.92 Å². The van der Waals surface area contributed by atoms with E-state index in [0.717, 1.165) is 38.7 Å². The molecule has 1 saturated heterocycles. The van der Waals surface area contributed by atoms with Crippen molar-refractivity contribution in [2.75, 3.05) is 39.3 Å². The van der Waals surface area contributed by atoms with E-state index in [9.17, 15) is 0 Å². The molecule has 1 unspecified atom stereocenters. The van der Waals surface area contributed by atoms with Crippen molar-refractivity contribution in [3.8, 4) is 0 Å². The number of hydrogen-bond acceptors (Lipinski definition) is 3. The maximum Gasteiger partial charge on any atom is 0.0702 e. The first-order valence-electron chi connectivity index (χ1n) is 6.77. The van der Waals surface area contributed by atoms with Gasteiger partial charge in [0, 0.05) is 26.2 Å². The number of nitrogens with one attached hydrogen (secondary N) is 1. The molecule has 1 heterocycles. The molecular weight excluding hydrogens is 200 g/mol. The fourth-order valence-corrected chi connectivity index (χ4v) is 2.22. The lowest BCUT2D eigenvalue weighted by molar-refractivity contribution is 0.00634. The first kappa shape index (κ1) is 13.9. The number of rotatable bonds is 7. The maximum atomic E-state index is 5.70. The van der Waals surface area contributed by atoms with Crippen molar-refractivity contribution in [2.45, 2.75) is 39.7 Å². The van der Waals surface area contributed by atoms with Crippen molar-refractivity contribution in [3.05, 3.63) is 0 Å². The molecule has 0 radical (unpaired) electrons. The molecule has 1 fully saturated rings. The Morgan fingerprint density at radius 3 is 2.94 bits per heavy atom. The Kier molecular flexibility index (Phi) is 7.01. The van der Waals surface area contributed by atoms with Crippen LogP contribution in [0.1, 0.15) is 33.6 Å². The van der Waals surface area contributed by atoms with E-state index in [1.54, 1.807) is 0 Å². The summed E-state index contributed by atoms with van der Waals surface area (Å²) in [7, 11) is 0. The average molecular weight is 228 g/mol. The van der Waals surface area contributed by atoms with Crippen LogP contribution in [0.15, 0.2) is 0 Å². The zero-order valence-electron chi connectivity index (χ0n) is 11.2. The molecule has 96 valence electrons. The SMILES string of the molecule is CCOC1CCCN(CCNCC(C)C)C1. The maximum absolute atomic E-state index is 5.70. The van der Waals surface area contributed by atoms with Crippen molar-refractivity contribution >= 4 is 0 Å². The molecule has 0 aliphatic carbocycles. The summed E-state index contributed by atoms with van der Waals surface area (Å²) < 4.78 is 5.70. The second-order valence-electron chi connectivity index (χ2n) is 5.12. The molecule has 0 aromatic heterocycles. The van der Waals surface area contributed by atoms with Gasteiger partial charge >= 0.3 is 0 Å². The normalized spacial score (nSPS) is 22.9. The molecule has 16 heavy (non-hydrogen) atoms. The zero-order valence-corrected chi connectivity index (χ0v) is 11.2. The molecule has 0 aromatic carbocycles. The quantitative estimate of drug-likeness (QED) is 0.672. The van der Waals surface area contributed by atoms with Crippen molar-refractivity contribution in [1.82, 2.24) is 10.2 Å². The summed E-state index contributed by atoms with van der Waals surface area (Å²) in [5.41, 5.74) is 0. The van der Waals surface area contributed by atoms with Gasteiger partial charge in [0.25, 0.3) is 0 Å². The van der Waals surface area contributed by atoms with Crippen LogP contribution in [-0.2, 0) is 4.74 Å². The fourth-order valence-electron chi connectivity index (χ4n) is 2.22. The first-order chi connectivity index (χ1) is 7.72. The minimum atomic E-state index is 0.476. The summed E-state index contributed by atoms with van der Waals surface area (Å²) in [5, 5.41) is 3.50. The van der Waals surface area contributed by atoms with Crippen LogP contribution < -0.4 is 5.32 Å². The predicted octanol–water partition coefficient (Wildman–Crippen LogP) is 1.73. The molecule has 1 atom stereocenters. The van der Waals surface area contributed by atoms with Gasteiger partial charge in [-0.25, -0.2) is 0 Å². The predicted molar refractivity (Wildman–Crippen MR) is 68.8 cm³/mol. The third-order valence-electron chi connectivity index (χ3n) is 3.02. The third kappa shape index (κ3) is 5.83. The van der Waals surface area contributed by atoms with Gasteiger partial charge in [-0.1, -0.05) is 13.8 Å². The summed E-state index contributed by atoms with van der Waals surface area (Å²) in [5.74, 6) is 0.748. The van der Waals surface area contributed by atoms with E-state index >= 15 is 0 Å². The van der Waals surface area contributed by atoms with Crippen LogP contribution in [0.2, 0.25) is 0 Å². The van der Waals surface area contributed by atoms with Crippen LogP contribution >= 0.6 is 0 Å². The van der Waals surface area contributed by atoms with Crippen LogP contribution in [0.3, 0.4) is 0 Å². The third-order valence-corrected chi connectivity index (χ3v) is 3.02. The molecule has 1 N–H and O–H groups in total. The Hall–Kier alpha value is -0.120. The van der Waals surface area contributed by atoms with E-state index in [1.165, 1.54) is 19.4 Å². The topological polar surface area (TPSA) is 24.5 Å². The number of nitrogens with zero attached hydrogens (tertiary/aromatic N) is 1. The smallest absolute Gasteiger partial charge is 0.0702 e. The van der Waals surface area contributed by atoms with Gasteiger partial charge in [0.05, 0.1) is 6.10 Å². The lowest BCUT2D eigenvalue weighted by Crippen LogP contribution is -2.43. The van der Waals surface area contributed by atoms with E-state index in [2.05, 4.69) is 31.0 Å². The Labute approximate surface area is 101 Å². The summed E-state index contributed by atoms with van der Waals surface area (Å²) in [6, 6.07) is 0. The van der Waals surface area contributed by atoms with Crippen LogP contribution in [0.5, 0.6) is 0 Å². The highest BCUT2D eigenvalue weighted by molar-refractivity contribution is 4.73. The minimum absolute atomic E-state index is 0.476. The Balaban J connectivity index is 2.07. The van der Waals surface area contributed by atoms with E-state index < -0.39 is 0 Å². The van der Waals surface area contributed by atoms with Crippen molar-refractivity contribution in [3.63, 3.8) is 0 Å². The van der Waals surface area contributed by atoms with Gasteiger partial charge in [-0.2, -0.15) is 0 Å². The van der Waals surface area contributed by atoms with E-state index in [4.69, 9.17) is 4.74 Å². The van der Waals surface area contributed by atoms with Crippen LogP contribution in [0.4, 0.5) is 0 Å². The molecule has 1 aliphatic heterocycles. The molecule has 3 heteroatoms. The van der Waals surface area contributed by atoms with Gasteiger partial charge in [-0.05, 0) is 38.8 Å². The Morgan fingerprint density at radius 1 is 1.44 bits per heavy atom. The lowest BCUT2D eigenvalue weighted by Gasteiger charge is -2.32. The summed E-state index contributed by atoms with van der Waals surface area (Å²) in [4.78, 5) is 2.52. The molecular formula is C13H28N2O. The van der Waals surface area contributed by atoms with Gasteiger partial charge in [-0.3, -0.25) is 4.90 Å². The fraction of sp³-hybridized carbons (Fsp3) is 1.00. The summed E-state index contributed by atoms with van der Waals surface area (Å²) >= 11 is 0. The second kappa shape index (κ2) is 8.04. The Morgan fingerprint density at radius 2 is 2.25 bits per heavy atom. The highest BCUT2D eigenvalue weighted by Gasteiger charge is 2.19. The second-order valence-corrected chi connectivity index (χ2v) is 5.12. The van der Waals surface area contributed by atoms with Crippen molar-refractivity contribution in [1.29, 1.82) is 0 Å². The summed E-state index contributed by atoms with van der Waals surface area (Å²) in [6.07, 6.45) is 3.00. The number of hydrogen-bond donors (Lipinski definition) is 1. The molecule has 0 aromatic rings. The standard InChI is InChI=1S/C13H28N2O/c1-4-16-13-6-5-8-15(11-13)9-7-14-10-12(2)3/h12-14H,4-11H2,1-3H3. The molecule has 0 amide bonds. The number of ether oxygens (including phenoxy) is 1. The monoisotopic (exact) mass is 228 g/mol. The van der Waals surface area contributed by atoms with Crippen LogP contribution in [-0.4, -0.2) is 50.3 Å². The molecule has 0 bridgehead atoms. The van der Waals surface area contributed by atoms with Crippen LogP contribution in [0.25, 0.3) is 0 Å². The molecule has 1 aliphatic rings. The number of likely N-dealkylation sites (tertiary alicyclic amines) is 1. The van der Waals surface area contributed by atoms with Crippen LogP contribution in [0, 0.1) is 5.92 Å². The van der Waals surface area contributed by atoms with E-state index in [1.807, 2.05) is 0 Å². The molecule has 0 spiro atoms. The molecule has 0 saturated carbocycles. The molecule has 3 nitrogen and oxygen atoms in total. The highest BCUT2D eigenvalue weighted by atomic mass is 16.5. The van der Waals surface area contributed by atoms with Gasteiger partial charge in [0.2, 0.25) is 0 Å². The van der Waals surface area contributed by atoms with E-state index in [-0.39, 0.29) is 0 Å². The molecule has 1 rings (SSSR count). The highest BCUT2D eigenvalue weighted by Crippen LogP contribution is 2.12. The van der Waals surface area contributed by atoms with Gasteiger partial charge in [-0.15, -0.1) is 0 Å². The Bertz CT molecular complexity index is 171. The van der Waals surface area contributed by atoms with Gasteiger partial charge in [0.15, 0.2) is 0 Å². The zero-order chi connectivity index (χ0) is 11.8. The van der Waals surface area contributed by atoms with Gasteiger partial charge in [0.1, 0.15) is 0 Å². The first-order valence-corrected chi connectivity index (χ1v) is 6.77. The average Bonchev–Trinajstić information content (AvgIpc) is 2.25. The lowest BCUT2D eigenvalue weighted by atomic mass is 10.1. The summed E-state index contributed by atoms with van der Waals surface area (Å²) in [6.45, 7) is 13.2. The minimum Gasteiger partial charge on any atom is -0.377 e. The largest absolute Gasteiger partial charge is 0.377 e. The van der Waals surface area contributed by atoms with Gasteiger partial charge < -0.3 is 10.1 Å². The van der Waals surface area contributed by atoms with Crippen molar-refractivity contribution < 1.29 is 4.74 Å². The van der Waals surface area contributed by atoms with E-state index in [0.29, 0.717) is 6.10 Å². The number of piperidine rings is 1.